The van der Waals surface area contributed by atoms with Crippen molar-refractivity contribution in [2.24, 2.45) is 0 Å². The molecule has 0 saturated carbocycles. The molecule has 0 atom stereocenters. The number of benzene rings is 2. The van der Waals surface area contributed by atoms with Crippen molar-refractivity contribution in [2.75, 3.05) is 16.8 Å². The molecule has 0 saturated heterocycles. The fourth-order valence-corrected chi connectivity index (χ4v) is 3.22. The number of amides is 1. The average molecular weight is 299 g/mol. The minimum atomic E-state index is -0.597. The highest BCUT2D eigenvalue weighted by molar-refractivity contribution is 6.52. The minimum absolute atomic E-state index is 0.348. The van der Waals surface area contributed by atoms with Crippen molar-refractivity contribution in [3.05, 3.63) is 52.5 Å². The van der Waals surface area contributed by atoms with E-state index in [0.29, 0.717) is 16.3 Å². The van der Waals surface area contributed by atoms with E-state index in [0.717, 1.165) is 24.3 Å². The molecular weight excluding hydrogens is 288 g/mol. The molecule has 0 bridgehead atoms. The van der Waals surface area contributed by atoms with Gasteiger partial charge in [-0.2, -0.15) is 0 Å². The number of rotatable bonds is 1. The standard InChI is InChI=1S/C16H11ClN2O2/c17-11-7-10-12(18-16(21)15(10)20)8-14(11)19-6-5-9-3-1-2-4-13(9)19/h1-4,7-8H,5-6H2,(H,18,20,21). The minimum Gasteiger partial charge on any atom is -0.340 e. The highest BCUT2D eigenvalue weighted by atomic mass is 35.5. The lowest BCUT2D eigenvalue weighted by Crippen LogP contribution is -2.14. The molecule has 4 nitrogen and oxygen atoms in total. The van der Waals surface area contributed by atoms with Crippen LogP contribution in [0.5, 0.6) is 0 Å². The van der Waals surface area contributed by atoms with Crippen molar-refractivity contribution in [1.29, 1.82) is 0 Å². The second-order valence-electron chi connectivity index (χ2n) is 5.16. The molecule has 0 aliphatic carbocycles. The van der Waals surface area contributed by atoms with E-state index in [-0.39, 0.29) is 0 Å². The largest absolute Gasteiger partial charge is 0.340 e. The van der Waals surface area contributed by atoms with Gasteiger partial charge in [0.25, 0.3) is 11.7 Å². The van der Waals surface area contributed by atoms with Crippen LogP contribution < -0.4 is 10.2 Å². The second-order valence-corrected chi connectivity index (χ2v) is 5.57. The molecule has 2 aliphatic heterocycles. The summed E-state index contributed by atoms with van der Waals surface area (Å²) < 4.78 is 0. The molecule has 2 aliphatic rings. The number of ketones is 1. The van der Waals surface area contributed by atoms with Gasteiger partial charge < -0.3 is 10.2 Å². The molecule has 2 heterocycles. The van der Waals surface area contributed by atoms with Gasteiger partial charge in [-0.3, -0.25) is 9.59 Å². The van der Waals surface area contributed by atoms with Gasteiger partial charge in [-0.1, -0.05) is 29.8 Å². The van der Waals surface area contributed by atoms with Gasteiger partial charge in [-0.05, 0) is 30.2 Å². The number of nitrogens with zero attached hydrogens (tertiary/aromatic N) is 1. The Morgan fingerprint density at radius 1 is 1.10 bits per heavy atom. The molecule has 0 fully saturated rings. The molecule has 5 heteroatoms. The molecule has 2 aromatic rings. The Balaban J connectivity index is 1.83. The maximum absolute atomic E-state index is 11.7. The number of fused-ring (bicyclic) bond motifs is 2. The normalized spacial score (nSPS) is 16.0. The lowest BCUT2D eigenvalue weighted by molar-refractivity contribution is -0.112. The molecule has 21 heavy (non-hydrogen) atoms. The van der Waals surface area contributed by atoms with Gasteiger partial charge in [0.05, 0.1) is 22.0 Å². The highest BCUT2D eigenvalue weighted by Crippen LogP contribution is 2.41. The maximum atomic E-state index is 11.7. The first-order valence-electron chi connectivity index (χ1n) is 6.70. The number of carbonyl (C=O) groups excluding carboxylic acids is 2. The van der Waals surface area contributed by atoms with Crippen molar-refractivity contribution in [3.8, 4) is 0 Å². The van der Waals surface area contributed by atoms with Gasteiger partial charge in [0.2, 0.25) is 0 Å². The molecule has 2 aromatic carbocycles. The smallest absolute Gasteiger partial charge is 0.296 e. The maximum Gasteiger partial charge on any atom is 0.296 e. The number of para-hydroxylation sites is 1. The third-order valence-corrected chi connectivity index (χ3v) is 4.27. The molecule has 1 amide bonds. The number of halogens is 1. The van der Waals surface area contributed by atoms with Crippen LogP contribution in [-0.4, -0.2) is 18.2 Å². The SMILES string of the molecule is O=C1Nc2cc(N3CCc4ccccc43)c(Cl)cc2C1=O. The Bertz CT molecular complexity index is 801. The average Bonchev–Trinajstić information content (AvgIpc) is 3.02. The molecule has 0 radical (unpaired) electrons. The molecule has 0 spiro atoms. The molecule has 104 valence electrons. The van der Waals surface area contributed by atoms with Gasteiger partial charge in [0.15, 0.2) is 0 Å². The predicted octanol–water partition coefficient (Wildman–Crippen LogP) is 3.17. The summed E-state index contributed by atoms with van der Waals surface area (Å²) in [4.78, 5) is 25.3. The van der Waals surface area contributed by atoms with Crippen molar-refractivity contribution >= 4 is 40.4 Å². The summed E-state index contributed by atoms with van der Waals surface area (Å²) >= 11 is 6.33. The number of anilines is 3. The third kappa shape index (κ3) is 1.76. The van der Waals surface area contributed by atoms with Crippen LogP contribution >= 0.6 is 11.6 Å². The lowest BCUT2D eigenvalue weighted by atomic mass is 10.1. The van der Waals surface area contributed by atoms with Crippen molar-refractivity contribution in [1.82, 2.24) is 0 Å². The van der Waals surface area contributed by atoms with Crippen LogP contribution in [0.25, 0.3) is 0 Å². The molecule has 4 rings (SSSR count). The van der Waals surface area contributed by atoms with Crippen molar-refractivity contribution < 1.29 is 9.59 Å². The first-order valence-corrected chi connectivity index (χ1v) is 7.07. The fourth-order valence-electron chi connectivity index (χ4n) is 2.95. The van der Waals surface area contributed by atoms with Crippen LogP contribution in [0.3, 0.4) is 0 Å². The Morgan fingerprint density at radius 2 is 1.90 bits per heavy atom. The van der Waals surface area contributed by atoms with Crippen molar-refractivity contribution in [3.63, 3.8) is 0 Å². The van der Waals surface area contributed by atoms with Gasteiger partial charge in [0, 0.05) is 12.2 Å². The number of Topliss-reactive ketones (excluding diaryl/α,β-unsaturated/α-hetero) is 1. The van der Waals surface area contributed by atoms with Crippen molar-refractivity contribution in [2.45, 2.75) is 6.42 Å². The number of carbonyl (C=O) groups is 2. The summed E-state index contributed by atoms with van der Waals surface area (Å²) in [5.41, 5.74) is 4.09. The summed E-state index contributed by atoms with van der Waals surface area (Å²) in [7, 11) is 0. The van der Waals surface area contributed by atoms with E-state index in [1.54, 1.807) is 12.1 Å². The van der Waals surface area contributed by atoms with Crippen LogP contribution in [0.15, 0.2) is 36.4 Å². The zero-order valence-corrected chi connectivity index (χ0v) is 11.8. The van der Waals surface area contributed by atoms with Gasteiger partial charge in [-0.25, -0.2) is 0 Å². The van der Waals surface area contributed by atoms with E-state index in [1.165, 1.54) is 5.56 Å². The van der Waals surface area contributed by atoms with Crippen LogP contribution in [-0.2, 0) is 11.2 Å². The zero-order chi connectivity index (χ0) is 14.6. The van der Waals surface area contributed by atoms with E-state index in [9.17, 15) is 9.59 Å². The fraction of sp³-hybridized carbons (Fsp3) is 0.125. The predicted molar refractivity (Wildman–Crippen MR) is 81.6 cm³/mol. The molecule has 0 aromatic heterocycles. The van der Waals surface area contributed by atoms with E-state index in [2.05, 4.69) is 22.3 Å². The number of nitrogens with one attached hydrogen (secondary N) is 1. The highest BCUT2D eigenvalue weighted by Gasteiger charge is 2.31. The summed E-state index contributed by atoms with van der Waals surface area (Å²) in [6.45, 7) is 0.833. The summed E-state index contributed by atoms with van der Waals surface area (Å²) in [5.74, 6) is -1.12. The monoisotopic (exact) mass is 298 g/mol. The second kappa shape index (κ2) is 4.33. The Labute approximate surface area is 126 Å². The molecule has 0 unspecified atom stereocenters. The topological polar surface area (TPSA) is 49.4 Å². The molecule has 1 N–H and O–H groups in total. The first kappa shape index (κ1) is 12.4. The van der Waals surface area contributed by atoms with Crippen LogP contribution in [0.2, 0.25) is 5.02 Å². The lowest BCUT2D eigenvalue weighted by Gasteiger charge is -2.21. The Hall–Kier alpha value is -2.33. The van der Waals surface area contributed by atoms with Crippen LogP contribution in [0, 0.1) is 0 Å². The summed E-state index contributed by atoms with van der Waals surface area (Å²) in [5, 5.41) is 3.07. The third-order valence-electron chi connectivity index (χ3n) is 3.96. The van der Waals surface area contributed by atoms with Gasteiger partial charge in [0.1, 0.15) is 0 Å². The Morgan fingerprint density at radius 3 is 2.76 bits per heavy atom. The van der Waals surface area contributed by atoms with Gasteiger partial charge >= 0.3 is 0 Å². The first-order chi connectivity index (χ1) is 10.1. The number of hydrogen-bond donors (Lipinski definition) is 1. The quantitative estimate of drug-likeness (QED) is 0.823. The number of hydrogen-bond acceptors (Lipinski definition) is 3. The zero-order valence-electron chi connectivity index (χ0n) is 11.0. The summed E-state index contributed by atoms with van der Waals surface area (Å²) in [6, 6.07) is 11.5. The van der Waals surface area contributed by atoms with E-state index in [4.69, 9.17) is 11.6 Å². The van der Waals surface area contributed by atoms with Crippen LogP contribution in [0.4, 0.5) is 17.1 Å². The molecular formula is C16H11ClN2O2. The van der Waals surface area contributed by atoms with Crippen LogP contribution in [0.1, 0.15) is 15.9 Å². The summed E-state index contributed by atoms with van der Waals surface area (Å²) in [6.07, 6.45) is 0.953. The Kier molecular flexibility index (Phi) is 2.56. The van der Waals surface area contributed by atoms with E-state index < -0.39 is 11.7 Å². The van der Waals surface area contributed by atoms with E-state index >= 15 is 0 Å². The van der Waals surface area contributed by atoms with E-state index in [1.807, 2.05) is 12.1 Å². The van der Waals surface area contributed by atoms with Gasteiger partial charge in [-0.15, -0.1) is 0 Å².